The largest absolute Gasteiger partial charge is 0.462 e. The van der Waals surface area contributed by atoms with Crippen molar-refractivity contribution >= 4 is 11.8 Å². The number of Topliss-reactive ketones (excluding diaryl/α,β-unsaturated/α-hetero) is 1. The average molecular weight is 345 g/mol. The van der Waals surface area contributed by atoms with E-state index < -0.39 is 58.1 Å². The third-order valence-electron chi connectivity index (χ3n) is 3.53. The zero-order valence-corrected chi connectivity index (χ0v) is 13.0. The quantitative estimate of drug-likeness (QED) is 0.164. The van der Waals surface area contributed by atoms with E-state index in [4.69, 9.17) is 4.74 Å². The lowest BCUT2D eigenvalue weighted by atomic mass is 9.98. The van der Waals surface area contributed by atoms with E-state index in [9.17, 15) is 27.2 Å². The molecule has 2 rings (SSSR count). The Morgan fingerprint density at radius 2 is 1.96 bits per heavy atom. The van der Waals surface area contributed by atoms with Gasteiger partial charge in [0.15, 0.2) is 11.6 Å². The lowest BCUT2D eigenvalue weighted by Crippen LogP contribution is -2.23. The Hall–Kier alpha value is -2.38. The highest BCUT2D eigenvalue weighted by molar-refractivity contribution is 6.24. The smallest absolute Gasteiger partial charge is 0.343 e. The van der Waals surface area contributed by atoms with Crippen LogP contribution in [0.15, 0.2) is 17.8 Å². The van der Waals surface area contributed by atoms with E-state index in [1.54, 1.807) is 0 Å². The van der Waals surface area contributed by atoms with Gasteiger partial charge < -0.3 is 10.1 Å². The molecule has 0 aliphatic heterocycles. The van der Waals surface area contributed by atoms with Gasteiger partial charge in [-0.25, -0.2) is 22.4 Å². The number of alkyl halides is 1. The van der Waals surface area contributed by atoms with Crippen LogP contribution in [0, 0.1) is 24.4 Å². The number of nitrogens with one attached hydrogen (secondary N) is 1. The topological polar surface area (TPSA) is 55.4 Å². The number of esters is 1. The normalized spacial score (nSPS) is 19.8. The Morgan fingerprint density at radius 1 is 1.33 bits per heavy atom. The van der Waals surface area contributed by atoms with E-state index in [0.29, 0.717) is 0 Å². The second-order valence-electron chi connectivity index (χ2n) is 5.29. The lowest BCUT2D eigenvalue weighted by Gasteiger charge is -2.11. The molecule has 1 aliphatic rings. The molecule has 0 spiro atoms. The predicted molar refractivity (Wildman–Crippen MR) is 76.5 cm³/mol. The van der Waals surface area contributed by atoms with Gasteiger partial charge in [-0.1, -0.05) is 0 Å². The summed E-state index contributed by atoms with van der Waals surface area (Å²) in [4.78, 5) is 24.4. The summed E-state index contributed by atoms with van der Waals surface area (Å²) >= 11 is 0. The molecule has 1 aromatic carbocycles. The number of benzene rings is 1. The second-order valence-corrected chi connectivity index (χ2v) is 5.29. The number of carbonyl (C=O) groups excluding carboxylic acids is 2. The molecular formula is C16H15F4NO3. The Balaban J connectivity index is 2.41. The Bertz CT molecular complexity index is 718. The van der Waals surface area contributed by atoms with Crippen LogP contribution in [0.3, 0.4) is 0 Å². The molecule has 0 saturated heterocycles. The summed E-state index contributed by atoms with van der Waals surface area (Å²) in [6.45, 7) is 2.45. The summed E-state index contributed by atoms with van der Waals surface area (Å²) in [6.07, 6.45) is 0.0194. The molecule has 0 bridgehead atoms. The number of ketones is 1. The van der Waals surface area contributed by atoms with E-state index in [1.807, 2.05) is 0 Å². The van der Waals surface area contributed by atoms with E-state index in [1.165, 1.54) is 6.92 Å². The first-order valence-electron chi connectivity index (χ1n) is 7.24. The van der Waals surface area contributed by atoms with Crippen molar-refractivity contribution in [3.05, 3.63) is 46.4 Å². The summed E-state index contributed by atoms with van der Waals surface area (Å²) in [5.74, 6) is -6.39. The molecule has 0 radical (unpaired) electrons. The molecule has 8 heteroatoms. The van der Waals surface area contributed by atoms with E-state index in [0.717, 1.165) is 13.1 Å². The predicted octanol–water partition coefficient (Wildman–Crippen LogP) is 2.74. The van der Waals surface area contributed by atoms with E-state index >= 15 is 0 Å². The van der Waals surface area contributed by atoms with E-state index in [2.05, 4.69) is 5.32 Å². The van der Waals surface area contributed by atoms with Gasteiger partial charge in [0.2, 0.25) is 5.78 Å². The SMILES string of the molecule is CCOC(=O)/C(=C/N[C@@H]1C[C@@H]1F)C(=O)c1c(F)cc(F)c(F)c1C. The molecule has 4 nitrogen and oxygen atoms in total. The maximum Gasteiger partial charge on any atom is 0.343 e. The summed E-state index contributed by atoms with van der Waals surface area (Å²) < 4.78 is 58.3. The fourth-order valence-corrected chi connectivity index (χ4v) is 2.08. The minimum atomic E-state index is -1.44. The van der Waals surface area contributed by atoms with Crippen molar-refractivity contribution in [1.82, 2.24) is 5.32 Å². The first-order chi connectivity index (χ1) is 11.3. The van der Waals surface area contributed by atoms with Crippen LogP contribution in [0.25, 0.3) is 0 Å². The van der Waals surface area contributed by atoms with Gasteiger partial charge in [0.1, 0.15) is 17.6 Å². The highest BCUT2D eigenvalue weighted by atomic mass is 19.2. The van der Waals surface area contributed by atoms with Crippen LogP contribution in [0.4, 0.5) is 17.6 Å². The molecule has 1 aliphatic carbocycles. The molecule has 0 heterocycles. The highest BCUT2D eigenvalue weighted by Crippen LogP contribution is 2.26. The van der Waals surface area contributed by atoms with Crippen LogP contribution in [-0.2, 0) is 9.53 Å². The third kappa shape index (κ3) is 3.58. The third-order valence-corrected chi connectivity index (χ3v) is 3.53. The zero-order chi connectivity index (χ0) is 18.0. The van der Waals surface area contributed by atoms with Gasteiger partial charge in [-0.15, -0.1) is 0 Å². The molecule has 1 saturated carbocycles. The van der Waals surface area contributed by atoms with Crippen molar-refractivity contribution in [3.63, 3.8) is 0 Å². The van der Waals surface area contributed by atoms with Crippen LogP contribution in [-0.4, -0.2) is 30.6 Å². The number of carbonyl (C=O) groups is 2. The second kappa shape index (κ2) is 7.02. The summed E-state index contributed by atoms with van der Waals surface area (Å²) in [5.41, 5.74) is -1.96. The molecule has 24 heavy (non-hydrogen) atoms. The van der Waals surface area contributed by atoms with Crippen molar-refractivity contribution in [2.45, 2.75) is 32.5 Å². The Labute approximate surface area is 135 Å². The van der Waals surface area contributed by atoms with Gasteiger partial charge >= 0.3 is 5.97 Å². The highest BCUT2D eigenvalue weighted by Gasteiger charge is 2.37. The van der Waals surface area contributed by atoms with Crippen LogP contribution in [0.5, 0.6) is 0 Å². The van der Waals surface area contributed by atoms with Gasteiger partial charge in [-0.3, -0.25) is 4.79 Å². The van der Waals surface area contributed by atoms with Crippen molar-refractivity contribution in [3.8, 4) is 0 Å². The maximum absolute atomic E-state index is 13.9. The van der Waals surface area contributed by atoms with Gasteiger partial charge in [-0.2, -0.15) is 0 Å². The van der Waals surface area contributed by atoms with Crippen molar-refractivity contribution in [2.75, 3.05) is 6.61 Å². The van der Waals surface area contributed by atoms with Crippen LogP contribution >= 0.6 is 0 Å². The van der Waals surface area contributed by atoms with Gasteiger partial charge in [0.05, 0.1) is 18.2 Å². The molecule has 1 aromatic rings. The number of hydrogen-bond donors (Lipinski definition) is 1. The van der Waals surface area contributed by atoms with Crippen molar-refractivity contribution < 1.29 is 31.9 Å². The molecule has 1 fully saturated rings. The Morgan fingerprint density at radius 3 is 2.50 bits per heavy atom. The number of ether oxygens (including phenoxy) is 1. The number of hydrogen-bond acceptors (Lipinski definition) is 4. The monoisotopic (exact) mass is 345 g/mol. The van der Waals surface area contributed by atoms with Crippen LogP contribution in [0.2, 0.25) is 0 Å². The fourth-order valence-electron chi connectivity index (χ4n) is 2.08. The molecule has 0 aromatic heterocycles. The van der Waals surface area contributed by atoms with Crippen LogP contribution < -0.4 is 5.32 Å². The summed E-state index contributed by atoms with van der Waals surface area (Å²) in [5, 5.41) is 2.51. The van der Waals surface area contributed by atoms with Crippen molar-refractivity contribution in [2.24, 2.45) is 0 Å². The van der Waals surface area contributed by atoms with Gasteiger partial charge in [-0.05, 0) is 13.8 Å². The number of halogens is 4. The zero-order valence-electron chi connectivity index (χ0n) is 13.0. The summed E-state index contributed by atoms with van der Waals surface area (Å²) in [7, 11) is 0. The van der Waals surface area contributed by atoms with E-state index in [-0.39, 0.29) is 19.1 Å². The standard InChI is InChI=1S/C16H15F4NO3/c1-3-24-16(23)8(6-21-12-5-9(12)17)15(22)13-7(2)14(20)11(19)4-10(13)18/h4,6,9,12,21H,3,5H2,1-2H3/b8-6+/t9-,12+/m0/s1. The fraction of sp³-hybridized carbons (Fsp3) is 0.375. The molecule has 1 N–H and O–H groups in total. The first-order valence-corrected chi connectivity index (χ1v) is 7.24. The molecule has 2 atom stereocenters. The first kappa shape index (κ1) is 18.0. The van der Waals surface area contributed by atoms with Gasteiger partial charge in [0, 0.05) is 24.3 Å². The minimum Gasteiger partial charge on any atom is -0.462 e. The summed E-state index contributed by atoms with van der Waals surface area (Å²) in [6, 6.07) is -0.331. The molecule has 0 amide bonds. The van der Waals surface area contributed by atoms with Crippen LogP contribution in [0.1, 0.15) is 29.3 Å². The lowest BCUT2D eigenvalue weighted by molar-refractivity contribution is -0.138. The molecule has 130 valence electrons. The average Bonchev–Trinajstić information content (AvgIpc) is 3.21. The van der Waals surface area contributed by atoms with Crippen molar-refractivity contribution in [1.29, 1.82) is 0 Å². The minimum absolute atomic E-state index is 0.0577. The van der Waals surface area contributed by atoms with Gasteiger partial charge in [0.25, 0.3) is 0 Å². The Kier molecular flexibility index (Phi) is 5.26. The number of rotatable bonds is 6. The maximum atomic E-state index is 13.9. The molecule has 0 unspecified atom stereocenters. The molecular weight excluding hydrogens is 330 g/mol.